The van der Waals surface area contributed by atoms with Crippen LogP contribution in [0.25, 0.3) is 10.8 Å². The molecule has 0 aliphatic carbocycles. The van der Waals surface area contributed by atoms with E-state index < -0.39 is 0 Å². The second kappa shape index (κ2) is 8.47. The average Bonchev–Trinajstić information content (AvgIpc) is 3.41. The second-order valence-electron chi connectivity index (χ2n) is 6.30. The highest BCUT2D eigenvalue weighted by atomic mass is 32.1. The summed E-state index contributed by atoms with van der Waals surface area (Å²) in [5.41, 5.74) is 1.61. The molecule has 27 heavy (non-hydrogen) atoms. The first-order valence-electron chi connectivity index (χ1n) is 8.95. The minimum absolute atomic E-state index is 0.113. The van der Waals surface area contributed by atoms with Gasteiger partial charge in [-0.25, -0.2) is 4.98 Å². The topological polar surface area (TPSA) is 67.6 Å². The molecule has 1 saturated heterocycles. The maximum Gasteiger partial charge on any atom is 0.270 e. The van der Waals surface area contributed by atoms with Gasteiger partial charge in [0.05, 0.1) is 25.5 Å². The fourth-order valence-electron chi connectivity index (χ4n) is 3.19. The number of benzene rings is 1. The van der Waals surface area contributed by atoms with E-state index in [1.807, 2.05) is 30.3 Å². The molecule has 140 valence electrons. The molecule has 1 aliphatic heterocycles. The smallest absolute Gasteiger partial charge is 0.270 e. The lowest BCUT2D eigenvalue weighted by Crippen LogP contribution is -2.43. The number of nitrogens with zero attached hydrogens (tertiary/aromatic N) is 2. The molecule has 4 rings (SSSR count). The Morgan fingerprint density at radius 1 is 1.19 bits per heavy atom. The van der Waals surface area contributed by atoms with E-state index in [9.17, 15) is 4.79 Å². The van der Waals surface area contributed by atoms with Crippen molar-refractivity contribution in [2.75, 3.05) is 32.8 Å². The van der Waals surface area contributed by atoms with Crippen LogP contribution in [0.5, 0.6) is 0 Å². The molecular formula is C20H21N3O3S. The molecule has 1 unspecified atom stereocenters. The van der Waals surface area contributed by atoms with Gasteiger partial charge in [-0.15, -0.1) is 11.3 Å². The summed E-state index contributed by atoms with van der Waals surface area (Å²) in [5.74, 6) is 0.507. The van der Waals surface area contributed by atoms with Crippen LogP contribution in [0.15, 0.2) is 58.5 Å². The van der Waals surface area contributed by atoms with Crippen LogP contribution >= 0.6 is 11.3 Å². The quantitative estimate of drug-likeness (QED) is 0.708. The summed E-state index contributed by atoms with van der Waals surface area (Å²) < 4.78 is 10.8. The van der Waals surface area contributed by atoms with E-state index in [4.69, 9.17) is 9.15 Å². The number of furan rings is 1. The number of hydrogen-bond acceptors (Lipinski definition) is 6. The van der Waals surface area contributed by atoms with Gasteiger partial charge in [-0.3, -0.25) is 9.69 Å². The van der Waals surface area contributed by atoms with Gasteiger partial charge in [-0.05, 0) is 17.7 Å². The zero-order chi connectivity index (χ0) is 18.5. The van der Waals surface area contributed by atoms with Gasteiger partial charge in [0.2, 0.25) is 0 Å². The predicted octanol–water partition coefficient (Wildman–Crippen LogP) is 3.21. The molecule has 7 heteroatoms. The zero-order valence-electron chi connectivity index (χ0n) is 14.8. The standard InChI is InChI=1S/C20H21N3O3S/c24-19(16-14-27-20(22-16)18-7-4-10-26-18)21-13-17(15-5-2-1-3-6-15)23-8-11-25-12-9-23/h1-7,10,14,17H,8-9,11-13H2,(H,21,24). The molecule has 0 bridgehead atoms. The number of rotatable bonds is 6. The van der Waals surface area contributed by atoms with Crippen molar-refractivity contribution in [3.8, 4) is 10.8 Å². The Kier molecular flexibility index (Phi) is 5.62. The number of morpholine rings is 1. The van der Waals surface area contributed by atoms with Crippen LogP contribution in [0.1, 0.15) is 22.1 Å². The molecule has 0 saturated carbocycles. The lowest BCUT2D eigenvalue weighted by atomic mass is 10.0. The Hall–Kier alpha value is -2.48. The first-order chi connectivity index (χ1) is 13.3. The number of nitrogens with one attached hydrogen (secondary N) is 1. The van der Waals surface area contributed by atoms with Gasteiger partial charge in [0.15, 0.2) is 10.8 Å². The summed E-state index contributed by atoms with van der Waals surface area (Å²) >= 11 is 1.40. The van der Waals surface area contributed by atoms with Crippen molar-refractivity contribution >= 4 is 17.2 Å². The third-order valence-electron chi connectivity index (χ3n) is 4.60. The van der Waals surface area contributed by atoms with Crippen molar-refractivity contribution in [1.29, 1.82) is 0 Å². The van der Waals surface area contributed by atoms with Crippen molar-refractivity contribution < 1.29 is 13.9 Å². The van der Waals surface area contributed by atoms with Crippen LogP contribution in [0.4, 0.5) is 0 Å². The minimum atomic E-state index is -0.168. The van der Waals surface area contributed by atoms with Gasteiger partial charge in [0, 0.05) is 25.0 Å². The first-order valence-corrected chi connectivity index (χ1v) is 9.83. The number of thiazole rings is 1. The number of hydrogen-bond donors (Lipinski definition) is 1. The lowest BCUT2D eigenvalue weighted by molar-refractivity contribution is 0.0162. The van der Waals surface area contributed by atoms with Crippen LogP contribution in [-0.2, 0) is 4.74 Å². The molecule has 3 aromatic rings. The number of carbonyl (C=O) groups is 1. The average molecular weight is 383 g/mol. The highest BCUT2D eigenvalue weighted by Crippen LogP contribution is 2.24. The molecule has 0 spiro atoms. The third kappa shape index (κ3) is 4.27. The van der Waals surface area contributed by atoms with Crippen LogP contribution < -0.4 is 5.32 Å². The Morgan fingerprint density at radius 3 is 2.74 bits per heavy atom. The van der Waals surface area contributed by atoms with Gasteiger partial charge in [-0.2, -0.15) is 0 Å². The van der Waals surface area contributed by atoms with E-state index in [2.05, 4.69) is 27.3 Å². The largest absolute Gasteiger partial charge is 0.462 e. The van der Waals surface area contributed by atoms with Crippen LogP contribution in [0, 0.1) is 0 Å². The van der Waals surface area contributed by atoms with Gasteiger partial charge < -0.3 is 14.5 Å². The molecule has 1 aromatic carbocycles. The van der Waals surface area contributed by atoms with E-state index in [1.165, 1.54) is 16.9 Å². The predicted molar refractivity (Wildman–Crippen MR) is 104 cm³/mol. The molecule has 1 amide bonds. The first kappa shape index (κ1) is 17.9. The molecule has 1 N–H and O–H groups in total. The maximum atomic E-state index is 12.6. The number of carbonyl (C=O) groups excluding carboxylic acids is 1. The van der Waals surface area contributed by atoms with E-state index in [-0.39, 0.29) is 11.9 Å². The molecule has 1 fully saturated rings. The summed E-state index contributed by atoms with van der Waals surface area (Å²) in [5, 5.41) is 5.52. The van der Waals surface area contributed by atoms with Gasteiger partial charge in [0.25, 0.3) is 5.91 Å². The molecule has 6 nitrogen and oxygen atoms in total. The van der Waals surface area contributed by atoms with Gasteiger partial charge in [-0.1, -0.05) is 30.3 Å². The van der Waals surface area contributed by atoms with Crippen LogP contribution in [0.3, 0.4) is 0 Å². The fraction of sp³-hybridized carbons (Fsp3) is 0.300. The van der Waals surface area contributed by atoms with Crippen molar-refractivity contribution in [3.05, 3.63) is 65.4 Å². The Bertz CT molecular complexity index is 858. The fourth-order valence-corrected chi connectivity index (χ4v) is 3.96. The zero-order valence-corrected chi connectivity index (χ0v) is 15.7. The molecular weight excluding hydrogens is 362 g/mol. The third-order valence-corrected chi connectivity index (χ3v) is 5.45. The number of aromatic nitrogens is 1. The summed E-state index contributed by atoms with van der Waals surface area (Å²) in [6.45, 7) is 3.67. The van der Waals surface area contributed by atoms with E-state index >= 15 is 0 Å². The van der Waals surface area contributed by atoms with Gasteiger partial charge in [0.1, 0.15) is 5.69 Å². The van der Waals surface area contributed by atoms with E-state index in [0.29, 0.717) is 23.0 Å². The summed E-state index contributed by atoms with van der Waals surface area (Å²) in [6, 6.07) is 14.0. The van der Waals surface area contributed by atoms with Crippen LogP contribution in [0.2, 0.25) is 0 Å². The Morgan fingerprint density at radius 2 is 2.00 bits per heavy atom. The lowest BCUT2D eigenvalue weighted by Gasteiger charge is -2.34. The maximum absolute atomic E-state index is 12.6. The highest BCUT2D eigenvalue weighted by molar-refractivity contribution is 7.13. The van der Waals surface area contributed by atoms with Crippen LogP contribution in [-0.4, -0.2) is 48.6 Å². The van der Waals surface area contributed by atoms with Crippen molar-refractivity contribution in [2.45, 2.75) is 6.04 Å². The normalized spacial score (nSPS) is 16.1. The highest BCUT2D eigenvalue weighted by Gasteiger charge is 2.23. The minimum Gasteiger partial charge on any atom is -0.462 e. The number of amides is 1. The van der Waals surface area contributed by atoms with E-state index in [1.54, 1.807) is 11.6 Å². The van der Waals surface area contributed by atoms with E-state index in [0.717, 1.165) is 26.3 Å². The monoisotopic (exact) mass is 383 g/mol. The molecule has 0 radical (unpaired) electrons. The molecule has 1 aliphatic rings. The second-order valence-corrected chi connectivity index (χ2v) is 7.16. The molecule has 3 heterocycles. The van der Waals surface area contributed by atoms with Crippen molar-refractivity contribution in [3.63, 3.8) is 0 Å². The Labute approximate surface area is 161 Å². The molecule has 2 aromatic heterocycles. The SMILES string of the molecule is O=C(NCC(c1ccccc1)N1CCOCC1)c1csc(-c2ccco2)n1. The van der Waals surface area contributed by atoms with Crippen molar-refractivity contribution in [1.82, 2.24) is 15.2 Å². The van der Waals surface area contributed by atoms with Crippen molar-refractivity contribution in [2.24, 2.45) is 0 Å². The van der Waals surface area contributed by atoms with Gasteiger partial charge >= 0.3 is 0 Å². The summed E-state index contributed by atoms with van der Waals surface area (Å²) in [4.78, 5) is 19.4. The Balaban J connectivity index is 1.45. The molecule has 1 atom stereocenters. The summed E-state index contributed by atoms with van der Waals surface area (Å²) in [6.07, 6.45) is 1.60. The number of ether oxygens (including phenoxy) is 1. The summed E-state index contributed by atoms with van der Waals surface area (Å²) in [7, 11) is 0.